The Morgan fingerprint density at radius 2 is 1.53 bits per heavy atom. The van der Waals surface area contributed by atoms with E-state index in [1.807, 2.05) is 0 Å². The highest BCUT2D eigenvalue weighted by Gasteiger charge is 2.11. The van der Waals surface area contributed by atoms with Crippen LogP contribution < -0.4 is 0 Å². The summed E-state index contributed by atoms with van der Waals surface area (Å²) >= 11 is 0. The van der Waals surface area contributed by atoms with Crippen molar-refractivity contribution in [3.63, 3.8) is 0 Å². The molecular weight excluding hydrogens is 220 g/mol. The smallest absolute Gasteiger partial charge is 0.306 e. The lowest BCUT2D eigenvalue weighted by molar-refractivity contribution is -0.150. The molecule has 0 aromatic rings. The van der Waals surface area contributed by atoms with Gasteiger partial charge in [-0.1, -0.05) is 20.8 Å². The van der Waals surface area contributed by atoms with E-state index in [0.717, 1.165) is 12.8 Å². The number of carbonyl (C=O) groups excluding carboxylic acids is 2. The average molecular weight is 244 g/mol. The van der Waals surface area contributed by atoms with E-state index in [9.17, 15) is 9.59 Å². The fourth-order valence-corrected chi connectivity index (χ4v) is 1.30. The summed E-state index contributed by atoms with van der Waals surface area (Å²) in [6, 6.07) is 0. The fraction of sp³-hybridized carbons (Fsp3) is 0.846. The maximum absolute atomic E-state index is 11.2. The molecule has 0 saturated heterocycles. The topological polar surface area (TPSA) is 52.6 Å². The Labute approximate surface area is 104 Å². The second kappa shape index (κ2) is 8.09. The minimum atomic E-state index is -0.348. The zero-order valence-electron chi connectivity index (χ0n) is 11.4. The molecule has 4 nitrogen and oxygen atoms in total. The predicted octanol–water partition coefficient (Wildman–Crippen LogP) is 2.70. The van der Waals surface area contributed by atoms with Crippen LogP contribution in [0.5, 0.6) is 0 Å². The highest BCUT2D eigenvalue weighted by molar-refractivity contribution is 5.77. The molecule has 0 aromatic carbocycles. The van der Waals surface area contributed by atoms with Crippen molar-refractivity contribution < 1.29 is 19.1 Å². The first-order chi connectivity index (χ1) is 7.85. The van der Waals surface area contributed by atoms with Crippen LogP contribution in [0.25, 0.3) is 0 Å². The van der Waals surface area contributed by atoms with Gasteiger partial charge in [-0.2, -0.15) is 0 Å². The second-order valence-electron chi connectivity index (χ2n) is 5.19. The Balaban J connectivity index is 3.50. The van der Waals surface area contributed by atoms with Gasteiger partial charge in [0.2, 0.25) is 0 Å². The standard InChI is InChI=1S/C13H24O4/c1-5-16-11(14)7-8-12(15)17-10-6-9-13(2,3)4/h5-10H2,1-4H3. The second-order valence-corrected chi connectivity index (χ2v) is 5.19. The molecule has 0 radical (unpaired) electrons. The molecule has 0 aliphatic heterocycles. The minimum Gasteiger partial charge on any atom is -0.466 e. The van der Waals surface area contributed by atoms with Gasteiger partial charge in [-0.15, -0.1) is 0 Å². The first kappa shape index (κ1) is 15.9. The quantitative estimate of drug-likeness (QED) is 0.510. The molecule has 0 heterocycles. The zero-order valence-corrected chi connectivity index (χ0v) is 11.4. The van der Waals surface area contributed by atoms with Crippen molar-refractivity contribution in [3.8, 4) is 0 Å². The van der Waals surface area contributed by atoms with E-state index in [2.05, 4.69) is 20.8 Å². The number of carbonyl (C=O) groups is 2. The summed E-state index contributed by atoms with van der Waals surface area (Å²) in [7, 11) is 0. The lowest BCUT2D eigenvalue weighted by Crippen LogP contribution is -2.12. The lowest BCUT2D eigenvalue weighted by Gasteiger charge is -2.17. The van der Waals surface area contributed by atoms with E-state index in [1.165, 1.54) is 0 Å². The van der Waals surface area contributed by atoms with Crippen molar-refractivity contribution >= 4 is 11.9 Å². The molecular formula is C13H24O4. The summed E-state index contributed by atoms with van der Waals surface area (Å²) in [6.07, 6.45) is 2.08. The van der Waals surface area contributed by atoms with E-state index in [1.54, 1.807) is 6.92 Å². The summed E-state index contributed by atoms with van der Waals surface area (Å²) in [5, 5.41) is 0. The maximum atomic E-state index is 11.2. The highest BCUT2D eigenvalue weighted by Crippen LogP contribution is 2.20. The van der Waals surface area contributed by atoms with E-state index in [0.29, 0.717) is 13.2 Å². The number of hydrogen-bond acceptors (Lipinski definition) is 4. The molecule has 4 heteroatoms. The van der Waals surface area contributed by atoms with E-state index in [-0.39, 0.29) is 30.2 Å². The molecule has 0 spiro atoms. The van der Waals surface area contributed by atoms with E-state index < -0.39 is 0 Å². The van der Waals surface area contributed by atoms with Gasteiger partial charge < -0.3 is 9.47 Å². The number of rotatable bonds is 7. The monoisotopic (exact) mass is 244 g/mol. The van der Waals surface area contributed by atoms with Gasteiger partial charge in [0, 0.05) is 0 Å². The lowest BCUT2D eigenvalue weighted by atomic mass is 9.91. The zero-order chi connectivity index (χ0) is 13.3. The Hall–Kier alpha value is -1.06. The van der Waals surface area contributed by atoms with Gasteiger partial charge in [-0.05, 0) is 25.2 Å². The third-order valence-corrected chi connectivity index (χ3v) is 2.17. The van der Waals surface area contributed by atoms with Crippen LogP contribution in [0.2, 0.25) is 0 Å². The van der Waals surface area contributed by atoms with Gasteiger partial charge >= 0.3 is 11.9 Å². The van der Waals surface area contributed by atoms with Crippen LogP contribution in [0.3, 0.4) is 0 Å². The largest absolute Gasteiger partial charge is 0.466 e. The third-order valence-electron chi connectivity index (χ3n) is 2.17. The first-order valence-corrected chi connectivity index (χ1v) is 6.16. The van der Waals surface area contributed by atoms with Crippen LogP contribution in [-0.4, -0.2) is 25.2 Å². The van der Waals surface area contributed by atoms with Gasteiger partial charge in [0.1, 0.15) is 0 Å². The molecule has 0 rings (SSSR count). The van der Waals surface area contributed by atoms with Crippen molar-refractivity contribution in [2.24, 2.45) is 5.41 Å². The normalized spacial score (nSPS) is 11.1. The molecule has 0 fully saturated rings. The fourth-order valence-electron chi connectivity index (χ4n) is 1.30. The molecule has 0 amide bonds. The number of hydrogen-bond donors (Lipinski definition) is 0. The van der Waals surface area contributed by atoms with Crippen LogP contribution in [-0.2, 0) is 19.1 Å². The SMILES string of the molecule is CCOC(=O)CCC(=O)OCCCC(C)(C)C. The van der Waals surface area contributed by atoms with Crippen LogP contribution >= 0.6 is 0 Å². The van der Waals surface area contributed by atoms with Crippen molar-refractivity contribution in [1.29, 1.82) is 0 Å². The van der Waals surface area contributed by atoms with Gasteiger partial charge in [0.25, 0.3) is 0 Å². The number of ether oxygens (including phenoxy) is 2. The molecule has 17 heavy (non-hydrogen) atoms. The van der Waals surface area contributed by atoms with Crippen molar-refractivity contribution in [2.75, 3.05) is 13.2 Å². The molecule has 100 valence electrons. The summed E-state index contributed by atoms with van der Waals surface area (Å²) < 4.78 is 9.74. The van der Waals surface area contributed by atoms with Crippen LogP contribution in [0.1, 0.15) is 53.4 Å². The van der Waals surface area contributed by atoms with Crippen LogP contribution in [0.15, 0.2) is 0 Å². The Bertz CT molecular complexity index is 240. The molecule has 0 unspecified atom stereocenters. The van der Waals surface area contributed by atoms with E-state index >= 15 is 0 Å². The van der Waals surface area contributed by atoms with Crippen LogP contribution in [0.4, 0.5) is 0 Å². The van der Waals surface area contributed by atoms with E-state index in [4.69, 9.17) is 9.47 Å². The molecule has 0 aromatic heterocycles. The average Bonchev–Trinajstić information content (AvgIpc) is 2.21. The summed E-state index contributed by atoms with van der Waals surface area (Å²) in [4.78, 5) is 22.2. The molecule has 0 atom stereocenters. The van der Waals surface area contributed by atoms with Gasteiger partial charge in [0.05, 0.1) is 26.1 Å². The van der Waals surface area contributed by atoms with Crippen molar-refractivity contribution in [2.45, 2.75) is 53.4 Å². The summed E-state index contributed by atoms with van der Waals surface area (Å²) in [6.45, 7) is 8.96. The van der Waals surface area contributed by atoms with Crippen LogP contribution in [0, 0.1) is 5.41 Å². The molecule has 0 aliphatic carbocycles. The highest BCUT2D eigenvalue weighted by atomic mass is 16.5. The molecule has 0 saturated carbocycles. The molecule has 0 N–H and O–H groups in total. The number of esters is 2. The molecule has 0 bridgehead atoms. The Kier molecular flexibility index (Phi) is 7.59. The van der Waals surface area contributed by atoms with Crippen molar-refractivity contribution in [1.82, 2.24) is 0 Å². The Morgan fingerprint density at radius 1 is 1.00 bits per heavy atom. The van der Waals surface area contributed by atoms with Crippen molar-refractivity contribution in [3.05, 3.63) is 0 Å². The van der Waals surface area contributed by atoms with Gasteiger partial charge in [-0.3, -0.25) is 9.59 Å². The summed E-state index contributed by atoms with van der Waals surface area (Å²) in [5.74, 6) is -0.675. The third kappa shape index (κ3) is 11.2. The minimum absolute atomic E-state index is 0.103. The first-order valence-electron chi connectivity index (χ1n) is 6.16. The maximum Gasteiger partial charge on any atom is 0.306 e. The molecule has 0 aliphatic rings. The van der Waals surface area contributed by atoms with Gasteiger partial charge in [0.15, 0.2) is 0 Å². The Morgan fingerprint density at radius 3 is 2.00 bits per heavy atom. The predicted molar refractivity (Wildman–Crippen MR) is 65.5 cm³/mol. The van der Waals surface area contributed by atoms with Gasteiger partial charge in [-0.25, -0.2) is 0 Å². The summed E-state index contributed by atoms with van der Waals surface area (Å²) in [5.41, 5.74) is 0.261.